The first-order valence-electron chi connectivity index (χ1n) is 11.1. The van der Waals surface area contributed by atoms with E-state index >= 15 is 0 Å². The summed E-state index contributed by atoms with van der Waals surface area (Å²) in [5, 5.41) is 0. The van der Waals surface area contributed by atoms with Gasteiger partial charge in [-0.3, -0.25) is 9.69 Å². The minimum Gasteiger partial charge on any atom is -0.474 e. The molecule has 2 aromatic rings. The maximum atomic E-state index is 14.6. The van der Waals surface area contributed by atoms with Crippen molar-refractivity contribution < 1.29 is 23.0 Å². The zero-order valence-electron chi connectivity index (χ0n) is 18.5. The quantitative estimate of drug-likeness (QED) is 0.450. The van der Waals surface area contributed by atoms with Gasteiger partial charge in [-0.15, -0.1) is 0 Å². The van der Waals surface area contributed by atoms with Crippen molar-refractivity contribution in [2.45, 2.75) is 39.5 Å². The number of halogens is 2. The molecule has 2 heterocycles. The zero-order chi connectivity index (χ0) is 22.7. The van der Waals surface area contributed by atoms with Crippen LogP contribution in [-0.4, -0.2) is 42.1 Å². The number of nitrogens with zero attached hydrogens (tertiary/aromatic N) is 2. The Balaban J connectivity index is 1.41. The second-order valence-electron chi connectivity index (χ2n) is 8.75. The van der Waals surface area contributed by atoms with Gasteiger partial charge in [0.2, 0.25) is 5.88 Å². The van der Waals surface area contributed by atoms with E-state index in [1.807, 2.05) is 0 Å². The van der Waals surface area contributed by atoms with E-state index in [1.54, 1.807) is 32.2 Å². The SMILES string of the molecule is Cc1c(F)cccc1OC(=O)[C@]1(C)C=C(c2cnc(OCCN3CCCC3)c(F)c2)CC1. The highest BCUT2D eigenvalue weighted by Gasteiger charge is 2.38. The van der Waals surface area contributed by atoms with Crippen molar-refractivity contribution >= 4 is 11.5 Å². The number of benzene rings is 1. The van der Waals surface area contributed by atoms with Crippen LogP contribution >= 0.6 is 0 Å². The molecule has 170 valence electrons. The van der Waals surface area contributed by atoms with Gasteiger partial charge in [0.25, 0.3) is 0 Å². The van der Waals surface area contributed by atoms with Gasteiger partial charge in [-0.1, -0.05) is 12.1 Å². The van der Waals surface area contributed by atoms with Gasteiger partial charge in [0, 0.05) is 18.3 Å². The van der Waals surface area contributed by atoms with E-state index in [2.05, 4.69) is 9.88 Å². The smallest absolute Gasteiger partial charge is 0.321 e. The summed E-state index contributed by atoms with van der Waals surface area (Å²) >= 11 is 0. The van der Waals surface area contributed by atoms with Gasteiger partial charge in [0.1, 0.15) is 18.2 Å². The van der Waals surface area contributed by atoms with Crippen LogP contribution in [-0.2, 0) is 4.79 Å². The summed E-state index contributed by atoms with van der Waals surface area (Å²) in [6.07, 6.45) is 6.88. The summed E-state index contributed by atoms with van der Waals surface area (Å²) in [7, 11) is 0. The summed E-state index contributed by atoms with van der Waals surface area (Å²) < 4.78 is 39.3. The maximum absolute atomic E-state index is 14.6. The summed E-state index contributed by atoms with van der Waals surface area (Å²) in [4.78, 5) is 19.3. The van der Waals surface area contributed by atoms with E-state index in [9.17, 15) is 13.6 Å². The third kappa shape index (κ3) is 4.83. The summed E-state index contributed by atoms with van der Waals surface area (Å²) in [5.74, 6) is -1.20. The summed E-state index contributed by atoms with van der Waals surface area (Å²) in [6.45, 7) is 6.63. The van der Waals surface area contributed by atoms with Gasteiger partial charge < -0.3 is 9.47 Å². The number of pyridine rings is 1. The second kappa shape index (κ2) is 9.36. The van der Waals surface area contributed by atoms with E-state index in [0.29, 0.717) is 30.6 Å². The molecule has 0 saturated carbocycles. The molecular formula is C25H28F2N2O3. The fraction of sp³-hybridized carbons (Fsp3) is 0.440. The van der Waals surface area contributed by atoms with Crippen molar-refractivity contribution in [1.29, 1.82) is 0 Å². The number of rotatable bonds is 7. The molecule has 32 heavy (non-hydrogen) atoms. The van der Waals surface area contributed by atoms with Crippen LogP contribution in [0.3, 0.4) is 0 Å². The molecule has 4 rings (SSSR count). The van der Waals surface area contributed by atoms with Crippen LogP contribution < -0.4 is 9.47 Å². The maximum Gasteiger partial charge on any atom is 0.321 e. The van der Waals surface area contributed by atoms with Crippen LogP contribution in [0.15, 0.2) is 36.5 Å². The number of esters is 1. The molecule has 0 N–H and O–H groups in total. The molecule has 1 fully saturated rings. The molecule has 0 spiro atoms. The van der Waals surface area contributed by atoms with Crippen LogP contribution in [0.5, 0.6) is 11.6 Å². The minimum atomic E-state index is -0.879. The predicted octanol–water partition coefficient (Wildman–Crippen LogP) is 4.93. The topological polar surface area (TPSA) is 51.7 Å². The fourth-order valence-electron chi connectivity index (χ4n) is 4.21. The van der Waals surface area contributed by atoms with Crippen LogP contribution in [0.1, 0.15) is 43.7 Å². The highest BCUT2D eigenvalue weighted by Crippen LogP contribution is 2.41. The van der Waals surface area contributed by atoms with Crippen molar-refractivity contribution in [3.8, 4) is 11.6 Å². The zero-order valence-corrected chi connectivity index (χ0v) is 18.5. The monoisotopic (exact) mass is 442 g/mol. The molecule has 1 saturated heterocycles. The lowest BCUT2D eigenvalue weighted by atomic mass is 9.90. The lowest BCUT2D eigenvalue weighted by Gasteiger charge is -2.20. The Hall–Kier alpha value is -2.80. The minimum absolute atomic E-state index is 0.00436. The number of aromatic nitrogens is 1. The molecule has 1 aromatic heterocycles. The molecular weight excluding hydrogens is 414 g/mol. The number of ether oxygens (including phenoxy) is 2. The number of carbonyl (C=O) groups excluding carboxylic acids is 1. The molecule has 0 bridgehead atoms. The summed E-state index contributed by atoms with van der Waals surface area (Å²) in [5.41, 5.74) is 0.858. The van der Waals surface area contributed by atoms with Crippen molar-refractivity contribution in [2.75, 3.05) is 26.2 Å². The molecule has 7 heteroatoms. The Kier molecular flexibility index (Phi) is 6.55. The van der Waals surface area contributed by atoms with Crippen LogP contribution in [0.25, 0.3) is 5.57 Å². The largest absolute Gasteiger partial charge is 0.474 e. The van der Waals surface area contributed by atoms with Gasteiger partial charge in [-0.05, 0) is 82.0 Å². The van der Waals surface area contributed by atoms with Crippen LogP contribution in [0, 0.1) is 24.0 Å². The number of carbonyl (C=O) groups is 1. The normalized spacial score (nSPS) is 20.9. The first kappa shape index (κ1) is 22.4. The number of hydrogen-bond donors (Lipinski definition) is 0. The van der Waals surface area contributed by atoms with Gasteiger partial charge in [-0.25, -0.2) is 13.8 Å². The van der Waals surface area contributed by atoms with Crippen molar-refractivity contribution in [3.05, 3.63) is 59.3 Å². The average molecular weight is 443 g/mol. The van der Waals surface area contributed by atoms with Crippen molar-refractivity contribution in [3.63, 3.8) is 0 Å². The Morgan fingerprint density at radius 2 is 2.00 bits per heavy atom. The molecule has 2 aliphatic rings. The van der Waals surface area contributed by atoms with Gasteiger partial charge in [-0.2, -0.15) is 0 Å². The lowest BCUT2D eigenvalue weighted by Crippen LogP contribution is -2.28. The Bertz CT molecular complexity index is 1030. The van der Waals surface area contributed by atoms with Gasteiger partial charge >= 0.3 is 5.97 Å². The van der Waals surface area contributed by atoms with E-state index in [-0.39, 0.29) is 11.6 Å². The molecule has 0 unspecified atom stereocenters. The molecule has 1 aliphatic carbocycles. The highest BCUT2D eigenvalue weighted by molar-refractivity contribution is 5.86. The predicted molar refractivity (Wildman–Crippen MR) is 117 cm³/mol. The highest BCUT2D eigenvalue weighted by atomic mass is 19.1. The summed E-state index contributed by atoms with van der Waals surface area (Å²) in [6, 6.07) is 5.80. The Morgan fingerprint density at radius 3 is 2.75 bits per heavy atom. The lowest BCUT2D eigenvalue weighted by molar-refractivity contribution is -0.142. The van der Waals surface area contributed by atoms with E-state index in [1.165, 1.54) is 31.0 Å². The first-order valence-corrected chi connectivity index (χ1v) is 11.1. The Morgan fingerprint density at radius 1 is 1.22 bits per heavy atom. The van der Waals surface area contributed by atoms with Crippen LogP contribution in [0.4, 0.5) is 8.78 Å². The van der Waals surface area contributed by atoms with Crippen molar-refractivity contribution in [1.82, 2.24) is 9.88 Å². The third-order valence-corrected chi connectivity index (χ3v) is 6.32. The van der Waals surface area contributed by atoms with Crippen LogP contribution in [0.2, 0.25) is 0 Å². The molecule has 5 nitrogen and oxygen atoms in total. The number of hydrogen-bond acceptors (Lipinski definition) is 5. The molecule has 1 aliphatic heterocycles. The first-order chi connectivity index (χ1) is 15.4. The molecule has 1 aromatic carbocycles. The van der Waals surface area contributed by atoms with Gasteiger partial charge in [0.05, 0.1) is 5.41 Å². The van der Waals surface area contributed by atoms with E-state index in [0.717, 1.165) is 25.2 Å². The standard InChI is InChI=1S/C25H28F2N2O3/c1-17-20(26)6-5-7-22(17)32-24(30)25(2)9-8-18(15-25)19-14-21(27)23(28-16-19)31-13-12-29-10-3-4-11-29/h5-7,14-16H,3-4,8-13H2,1-2H3/t25-/m0/s1. The van der Waals surface area contributed by atoms with E-state index < -0.39 is 23.0 Å². The number of likely N-dealkylation sites (tertiary alicyclic amines) is 1. The average Bonchev–Trinajstić information content (AvgIpc) is 3.43. The van der Waals surface area contributed by atoms with Crippen molar-refractivity contribution in [2.24, 2.45) is 5.41 Å². The Labute approximate surface area is 187 Å². The number of allylic oxidation sites excluding steroid dienone is 1. The fourth-order valence-corrected chi connectivity index (χ4v) is 4.21. The molecule has 0 radical (unpaired) electrons. The van der Waals surface area contributed by atoms with Gasteiger partial charge in [0.15, 0.2) is 5.82 Å². The second-order valence-corrected chi connectivity index (χ2v) is 8.75. The molecule has 1 atom stereocenters. The van der Waals surface area contributed by atoms with E-state index in [4.69, 9.17) is 9.47 Å². The third-order valence-electron chi connectivity index (χ3n) is 6.32. The molecule has 0 amide bonds.